The van der Waals surface area contributed by atoms with Crippen LogP contribution in [0.3, 0.4) is 0 Å². The van der Waals surface area contributed by atoms with Crippen molar-refractivity contribution in [3.63, 3.8) is 0 Å². The highest BCUT2D eigenvalue weighted by atomic mass is 16.4. The predicted molar refractivity (Wildman–Crippen MR) is 65.6 cm³/mol. The first-order valence-corrected chi connectivity index (χ1v) is 6.01. The van der Waals surface area contributed by atoms with Gasteiger partial charge in [-0.1, -0.05) is 24.3 Å². The molecule has 20 heavy (non-hydrogen) atoms. The molecule has 0 unspecified atom stereocenters. The Kier molecular flexibility index (Phi) is 2.90. The number of rotatable bonds is 2. The van der Waals surface area contributed by atoms with Gasteiger partial charge < -0.3 is 10.0 Å². The molecule has 8 heteroatoms. The minimum atomic E-state index is -1.05. The Labute approximate surface area is 113 Å². The number of carboxylic acid groups (broad SMARTS) is 1. The third-order valence-corrected chi connectivity index (χ3v) is 3.33. The van der Waals surface area contributed by atoms with Gasteiger partial charge in [0.25, 0.3) is 11.7 Å². The van der Waals surface area contributed by atoms with E-state index in [1.165, 1.54) is 4.90 Å². The summed E-state index contributed by atoms with van der Waals surface area (Å²) in [6.07, 6.45) is 0.273. The van der Waals surface area contributed by atoms with Crippen LogP contribution in [0.4, 0.5) is 0 Å². The maximum absolute atomic E-state index is 12.3. The number of carbonyl (C=O) groups is 2. The molecule has 0 saturated carbocycles. The van der Waals surface area contributed by atoms with Gasteiger partial charge in [-0.15, -0.1) is 10.2 Å². The largest absolute Gasteiger partial charge is 0.480 e. The van der Waals surface area contributed by atoms with E-state index in [1.54, 1.807) is 0 Å². The maximum atomic E-state index is 12.3. The lowest BCUT2D eigenvalue weighted by Crippen LogP contribution is -2.48. The minimum absolute atomic E-state index is 0.129. The van der Waals surface area contributed by atoms with Crippen molar-refractivity contribution in [2.45, 2.75) is 19.0 Å². The normalized spacial score (nSPS) is 17.6. The van der Waals surface area contributed by atoms with E-state index < -0.39 is 17.9 Å². The van der Waals surface area contributed by atoms with Crippen LogP contribution < -0.4 is 0 Å². The summed E-state index contributed by atoms with van der Waals surface area (Å²) in [4.78, 5) is 24.9. The number of fused-ring (bicyclic) bond motifs is 1. The van der Waals surface area contributed by atoms with Gasteiger partial charge in [0.2, 0.25) is 0 Å². The van der Waals surface area contributed by atoms with Crippen molar-refractivity contribution >= 4 is 11.9 Å². The summed E-state index contributed by atoms with van der Waals surface area (Å²) in [6.45, 7) is 0.223. The molecule has 2 aromatic rings. The number of carbonyl (C=O) groups excluding carboxylic acids is 1. The van der Waals surface area contributed by atoms with E-state index in [0.717, 1.165) is 11.1 Å². The molecular weight excluding hydrogens is 262 g/mol. The molecule has 1 aromatic heterocycles. The first kappa shape index (κ1) is 12.3. The van der Waals surface area contributed by atoms with Crippen LogP contribution in [0.25, 0.3) is 0 Å². The first-order valence-electron chi connectivity index (χ1n) is 6.01. The average Bonchev–Trinajstić information content (AvgIpc) is 2.99. The van der Waals surface area contributed by atoms with Crippen molar-refractivity contribution < 1.29 is 14.7 Å². The van der Waals surface area contributed by atoms with Gasteiger partial charge >= 0.3 is 5.97 Å². The number of nitrogens with one attached hydrogen (secondary N) is 1. The molecule has 0 saturated heterocycles. The molecule has 1 aliphatic heterocycles. The summed E-state index contributed by atoms with van der Waals surface area (Å²) >= 11 is 0. The molecule has 2 heterocycles. The van der Waals surface area contributed by atoms with E-state index in [-0.39, 0.29) is 18.8 Å². The van der Waals surface area contributed by atoms with Crippen LogP contribution in [0.15, 0.2) is 24.3 Å². The number of aromatic amines is 1. The van der Waals surface area contributed by atoms with Crippen molar-refractivity contribution in [3.05, 3.63) is 41.2 Å². The number of hydrogen-bond donors (Lipinski definition) is 2. The Bertz CT molecular complexity index is 655. The van der Waals surface area contributed by atoms with E-state index in [4.69, 9.17) is 0 Å². The SMILES string of the molecule is O=C(O)[C@H]1Cc2ccccc2CN1C(=O)c1nn[nH]n1. The summed E-state index contributed by atoms with van der Waals surface area (Å²) < 4.78 is 0. The molecule has 0 fully saturated rings. The number of nitrogens with zero attached hydrogens (tertiary/aromatic N) is 4. The van der Waals surface area contributed by atoms with Crippen LogP contribution in [0.5, 0.6) is 0 Å². The standard InChI is InChI=1S/C12H11N5O3/c18-11(10-13-15-16-14-10)17-6-8-4-2-1-3-7(8)5-9(17)12(19)20/h1-4,9H,5-6H2,(H,19,20)(H,13,14,15,16)/t9-/m1/s1. The monoisotopic (exact) mass is 273 g/mol. The number of amides is 1. The van der Waals surface area contributed by atoms with Gasteiger partial charge in [-0.3, -0.25) is 4.79 Å². The Balaban J connectivity index is 1.96. The van der Waals surface area contributed by atoms with E-state index in [2.05, 4.69) is 20.6 Å². The highest BCUT2D eigenvalue weighted by molar-refractivity contribution is 5.93. The summed E-state index contributed by atoms with van der Waals surface area (Å²) in [5, 5.41) is 22.1. The van der Waals surface area contributed by atoms with E-state index in [1.807, 2.05) is 24.3 Å². The van der Waals surface area contributed by atoms with E-state index in [9.17, 15) is 14.7 Å². The lowest BCUT2D eigenvalue weighted by Gasteiger charge is -2.33. The summed E-state index contributed by atoms with van der Waals surface area (Å²) in [7, 11) is 0. The second kappa shape index (κ2) is 4.72. The zero-order valence-corrected chi connectivity index (χ0v) is 10.4. The van der Waals surface area contributed by atoms with Crippen molar-refractivity contribution in [2.24, 2.45) is 0 Å². The number of hydrogen-bond acceptors (Lipinski definition) is 5. The van der Waals surface area contributed by atoms with E-state index in [0.29, 0.717) is 0 Å². The highest BCUT2D eigenvalue weighted by Crippen LogP contribution is 2.24. The minimum Gasteiger partial charge on any atom is -0.480 e. The van der Waals surface area contributed by atoms with Crippen LogP contribution >= 0.6 is 0 Å². The third kappa shape index (κ3) is 2.00. The molecule has 8 nitrogen and oxygen atoms in total. The molecule has 1 aromatic carbocycles. The molecule has 0 aliphatic carbocycles. The second-order valence-corrected chi connectivity index (χ2v) is 4.50. The third-order valence-electron chi connectivity index (χ3n) is 3.33. The maximum Gasteiger partial charge on any atom is 0.326 e. The molecule has 3 rings (SSSR count). The fourth-order valence-electron chi connectivity index (χ4n) is 2.34. The van der Waals surface area contributed by atoms with Crippen LogP contribution in [-0.2, 0) is 17.8 Å². The Morgan fingerprint density at radius 1 is 1.30 bits per heavy atom. The van der Waals surface area contributed by atoms with Gasteiger partial charge in [-0.05, 0) is 16.3 Å². The van der Waals surface area contributed by atoms with Gasteiger partial charge in [0, 0.05) is 13.0 Å². The molecule has 1 atom stereocenters. The smallest absolute Gasteiger partial charge is 0.326 e. The number of carboxylic acids is 1. The topological polar surface area (TPSA) is 112 Å². The van der Waals surface area contributed by atoms with E-state index >= 15 is 0 Å². The number of aliphatic carboxylic acids is 1. The predicted octanol–water partition coefficient (Wildman–Crippen LogP) is -0.149. The van der Waals surface area contributed by atoms with Crippen molar-refractivity contribution in [1.29, 1.82) is 0 Å². The highest BCUT2D eigenvalue weighted by Gasteiger charge is 2.36. The van der Waals surface area contributed by atoms with Crippen LogP contribution in [0.2, 0.25) is 0 Å². The fourth-order valence-corrected chi connectivity index (χ4v) is 2.34. The quantitative estimate of drug-likeness (QED) is 0.787. The molecule has 102 valence electrons. The number of tetrazole rings is 1. The zero-order chi connectivity index (χ0) is 14.1. The van der Waals surface area contributed by atoms with Crippen molar-refractivity contribution in [2.75, 3.05) is 0 Å². The Morgan fingerprint density at radius 3 is 2.70 bits per heavy atom. The average molecular weight is 273 g/mol. The fraction of sp³-hybridized carbons (Fsp3) is 0.250. The Hall–Kier alpha value is -2.77. The van der Waals surface area contributed by atoms with Crippen LogP contribution in [0.1, 0.15) is 21.7 Å². The molecule has 2 N–H and O–H groups in total. The lowest BCUT2D eigenvalue weighted by atomic mass is 9.94. The van der Waals surface area contributed by atoms with Gasteiger partial charge in [-0.25, -0.2) is 4.79 Å². The summed E-state index contributed by atoms with van der Waals surface area (Å²) in [6, 6.07) is 6.55. The van der Waals surface area contributed by atoms with Gasteiger partial charge in [-0.2, -0.15) is 5.21 Å². The van der Waals surface area contributed by atoms with Gasteiger partial charge in [0.15, 0.2) is 0 Å². The number of aromatic nitrogens is 4. The molecule has 1 aliphatic rings. The van der Waals surface area contributed by atoms with Crippen LogP contribution in [0, 0.1) is 0 Å². The number of benzene rings is 1. The Morgan fingerprint density at radius 2 is 2.05 bits per heavy atom. The van der Waals surface area contributed by atoms with Gasteiger partial charge in [0.05, 0.1) is 0 Å². The molecule has 0 radical (unpaired) electrons. The molecule has 0 bridgehead atoms. The van der Waals surface area contributed by atoms with Gasteiger partial charge in [0.1, 0.15) is 6.04 Å². The van der Waals surface area contributed by atoms with Crippen molar-refractivity contribution in [3.8, 4) is 0 Å². The van der Waals surface area contributed by atoms with Crippen molar-refractivity contribution in [1.82, 2.24) is 25.5 Å². The number of H-pyrrole nitrogens is 1. The second-order valence-electron chi connectivity index (χ2n) is 4.50. The van der Waals surface area contributed by atoms with Crippen LogP contribution in [-0.4, -0.2) is 48.5 Å². The first-order chi connectivity index (χ1) is 9.66. The molecule has 1 amide bonds. The zero-order valence-electron chi connectivity index (χ0n) is 10.4. The molecule has 0 spiro atoms. The molecular formula is C12H11N5O3. The summed E-state index contributed by atoms with van der Waals surface area (Å²) in [5.74, 6) is -1.72. The summed E-state index contributed by atoms with van der Waals surface area (Å²) in [5.41, 5.74) is 1.87. The lowest BCUT2D eigenvalue weighted by molar-refractivity contribution is -0.142.